The highest BCUT2D eigenvalue weighted by atomic mass is 32.2. The van der Waals surface area contributed by atoms with Gasteiger partial charge in [-0.2, -0.15) is 4.72 Å². The van der Waals surface area contributed by atoms with Crippen molar-refractivity contribution >= 4 is 34.8 Å². The fourth-order valence-corrected chi connectivity index (χ4v) is 2.92. The maximum atomic E-state index is 12.3. The molecule has 0 aliphatic heterocycles. The Morgan fingerprint density at radius 3 is 2.38 bits per heavy atom. The molecule has 0 spiro atoms. The van der Waals surface area contributed by atoms with Crippen LogP contribution in [0, 0.1) is 0 Å². The largest absolute Gasteiger partial charge is 0.588 e. The van der Waals surface area contributed by atoms with Crippen molar-refractivity contribution in [1.82, 2.24) is 4.98 Å². The first-order valence-corrected chi connectivity index (χ1v) is 8.80. The van der Waals surface area contributed by atoms with Crippen LogP contribution in [0.15, 0.2) is 71.8 Å². The third-order valence-corrected chi connectivity index (χ3v) is 4.53. The Morgan fingerprint density at radius 1 is 1.00 bits per heavy atom. The Labute approximate surface area is 153 Å². The van der Waals surface area contributed by atoms with Gasteiger partial charge in [0.15, 0.2) is 17.0 Å². The average Bonchev–Trinajstić information content (AvgIpc) is 2.67. The van der Waals surface area contributed by atoms with Crippen molar-refractivity contribution < 1.29 is 14.5 Å². The summed E-state index contributed by atoms with van der Waals surface area (Å²) in [4.78, 5) is 15.4. The molecule has 7 nitrogen and oxygen atoms in total. The van der Waals surface area contributed by atoms with Gasteiger partial charge in [0.05, 0.1) is 16.9 Å². The normalized spacial score (nSPS) is 11.4. The van der Waals surface area contributed by atoms with Crippen molar-refractivity contribution in [2.24, 2.45) is 0 Å². The van der Waals surface area contributed by atoms with Crippen molar-refractivity contribution in [2.75, 3.05) is 15.6 Å². The molecule has 0 saturated heterocycles. The molecule has 0 aliphatic rings. The lowest BCUT2D eigenvalue weighted by Crippen LogP contribution is -2.14. The van der Waals surface area contributed by atoms with Crippen LogP contribution >= 0.6 is 0 Å². The van der Waals surface area contributed by atoms with Gasteiger partial charge in [-0.1, -0.05) is 6.07 Å². The number of aldehydes is 1. The highest BCUT2D eigenvalue weighted by molar-refractivity contribution is 7.92. The molecule has 1 heterocycles. The van der Waals surface area contributed by atoms with Gasteiger partial charge >= 0.3 is 0 Å². The zero-order chi connectivity index (χ0) is 18.4. The topological polar surface area (TPSA) is 109 Å². The monoisotopic (exact) mass is 368 g/mol. The van der Waals surface area contributed by atoms with E-state index in [1.165, 1.54) is 12.1 Å². The van der Waals surface area contributed by atoms with E-state index in [0.717, 1.165) is 5.69 Å². The Bertz CT molecular complexity index is 875. The molecule has 0 amide bonds. The number of aromatic nitrogens is 1. The summed E-state index contributed by atoms with van der Waals surface area (Å²) in [5.41, 5.74) is 7.43. The zero-order valence-corrected chi connectivity index (χ0v) is 14.4. The van der Waals surface area contributed by atoms with Crippen LogP contribution in [-0.2, 0) is 11.4 Å². The number of nitrogens with zero attached hydrogens (tertiary/aromatic N) is 1. The number of aromatic hydroxyl groups is 1. The van der Waals surface area contributed by atoms with Gasteiger partial charge in [0.1, 0.15) is 17.1 Å². The highest BCUT2D eigenvalue weighted by Gasteiger charge is 2.12. The first kappa shape index (κ1) is 17.6. The van der Waals surface area contributed by atoms with E-state index in [-0.39, 0.29) is 11.3 Å². The van der Waals surface area contributed by atoms with Crippen LogP contribution in [0.5, 0.6) is 5.75 Å². The van der Waals surface area contributed by atoms with Gasteiger partial charge in [0, 0.05) is 12.3 Å². The summed E-state index contributed by atoms with van der Waals surface area (Å²) in [5, 5.41) is 9.66. The summed E-state index contributed by atoms with van der Waals surface area (Å²) in [6.45, 7) is 0. The third kappa shape index (κ3) is 4.44. The molecule has 3 rings (SSSR count). The van der Waals surface area contributed by atoms with Crippen LogP contribution in [0.3, 0.4) is 0 Å². The van der Waals surface area contributed by atoms with Crippen molar-refractivity contribution in [3.05, 3.63) is 72.4 Å². The molecule has 0 saturated carbocycles. The summed E-state index contributed by atoms with van der Waals surface area (Å²) in [6, 6.07) is 16.9. The van der Waals surface area contributed by atoms with Crippen LogP contribution in [0.1, 0.15) is 10.4 Å². The summed E-state index contributed by atoms with van der Waals surface area (Å²) in [6.07, 6.45) is 2.21. The number of pyridine rings is 1. The van der Waals surface area contributed by atoms with Gasteiger partial charge in [0.25, 0.3) is 0 Å². The molecule has 132 valence electrons. The van der Waals surface area contributed by atoms with E-state index in [0.29, 0.717) is 22.7 Å². The zero-order valence-electron chi connectivity index (χ0n) is 13.5. The van der Waals surface area contributed by atoms with Crippen LogP contribution in [0.4, 0.5) is 17.2 Å². The molecule has 4 N–H and O–H groups in total. The predicted molar refractivity (Wildman–Crippen MR) is 101 cm³/mol. The number of nitrogens with one attached hydrogen (secondary N) is 3. The fraction of sp³-hybridized carbons (Fsp3) is 0. The summed E-state index contributed by atoms with van der Waals surface area (Å²) in [5.74, 6) is 0.437. The second-order valence-corrected chi connectivity index (χ2v) is 6.46. The van der Waals surface area contributed by atoms with E-state index in [9.17, 15) is 14.5 Å². The second kappa shape index (κ2) is 8.24. The van der Waals surface area contributed by atoms with E-state index in [4.69, 9.17) is 0 Å². The van der Waals surface area contributed by atoms with E-state index in [2.05, 4.69) is 20.6 Å². The number of rotatable bonds is 7. The molecule has 0 bridgehead atoms. The van der Waals surface area contributed by atoms with Crippen molar-refractivity contribution in [3.8, 4) is 5.75 Å². The Kier molecular flexibility index (Phi) is 5.57. The standard InChI is InChI=1S/C18H16N4O3S/c23-12-13-4-5-15(11-17(13)24)21-20-14-6-8-16(9-7-14)26(25)22-18-3-1-2-10-19-18/h1-12,20-21,24H,(H,19,22). The summed E-state index contributed by atoms with van der Waals surface area (Å²) < 4.78 is 15.1. The van der Waals surface area contributed by atoms with E-state index in [1.807, 2.05) is 6.07 Å². The highest BCUT2D eigenvalue weighted by Crippen LogP contribution is 2.21. The number of phenols is 1. The molecule has 3 aromatic rings. The summed E-state index contributed by atoms with van der Waals surface area (Å²) in [7, 11) is 0. The number of carbonyl (C=O) groups is 1. The molecular formula is C18H16N4O3S. The van der Waals surface area contributed by atoms with Crippen molar-refractivity contribution in [3.63, 3.8) is 0 Å². The first-order chi connectivity index (χ1) is 12.7. The lowest BCUT2D eigenvalue weighted by Gasteiger charge is -2.13. The summed E-state index contributed by atoms with van der Waals surface area (Å²) >= 11 is -1.42. The minimum atomic E-state index is -1.42. The number of carbonyl (C=O) groups excluding carboxylic acids is 1. The van der Waals surface area contributed by atoms with Crippen LogP contribution in [0.2, 0.25) is 0 Å². The SMILES string of the molecule is O=Cc1ccc(NNc2ccc([S+]([O-])Nc3ccccn3)cc2)cc1O. The number of hydrogen-bond acceptors (Lipinski definition) is 7. The molecule has 0 radical (unpaired) electrons. The predicted octanol–water partition coefficient (Wildman–Crippen LogP) is 3.17. The second-order valence-electron chi connectivity index (χ2n) is 5.25. The molecule has 1 unspecified atom stereocenters. The van der Waals surface area contributed by atoms with Crippen molar-refractivity contribution in [2.45, 2.75) is 4.90 Å². The third-order valence-electron chi connectivity index (χ3n) is 3.44. The maximum Gasteiger partial charge on any atom is 0.180 e. The molecule has 0 fully saturated rings. The van der Waals surface area contributed by atoms with Gasteiger partial charge in [-0.15, -0.1) is 0 Å². The Hall–Kier alpha value is -3.23. The van der Waals surface area contributed by atoms with Gasteiger partial charge in [-0.3, -0.25) is 4.79 Å². The van der Waals surface area contributed by atoms with Crippen molar-refractivity contribution in [1.29, 1.82) is 0 Å². The average molecular weight is 368 g/mol. The molecule has 2 aromatic carbocycles. The first-order valence-electron chi connectivity index (χ1n) is 7.65. The smallest absolute Gasteiger partial charge is 0.180 e. The Morgan fingerprint density at radius 2 is 1.73 bits per heavy atom. The van der Waals surface area contributed by atoms with E-state index in [1.54, 1.807) is 48.7 Å². The molecule has 8 heteroatoms. The van der Waals surface area contributed by atoms with Crippen LogP contribution < -0.4 is 15.6 Å². The lowest BCUT2D eigenvalue weighted by molar-refractivity contribution is 0.112. The van der Waals surface area contributed by atoms with Gasteiger partial charge in [-0.05, 0) is 48.5 Å². The number of phenolic OH excluding ortho intramolecular Hbond substituents is 1. The number of hydrazine groups is 1. The fourth-order valence-electron chi connectivity index (χ4n) is 2.10. The van der Waals surface area contributed by atoms with Gasteiger partial charge in [0.2, 0.25) is 0 Å². The Balaban J connectivity index is 1.59. The number of anilines is 3. The maximum absolute atomic E-state index is 12.3. The van der Waals surface area contributed by atoms with Gasteiger partial charge in [-0.25, -0.2) is 4.98 Å². The minimum Gasteiger partial charge on any atom is -0.588 e. The quantitative estimate of drug-likeness (QED) is 0.288. The molecule has 0 aliphatic carbocycles. The molecule has 1 aromatic heterocycles. The van der Waals surface area contributed by atoms with Crippen LogP contribution in [-0.4, -0.2) is 20.9 Å². The number of benzene rings is 2. The molecular weight excluding hydrogens is 352 g/mol. The molecule has 26 heavy (non-hydrogen) atoms. The minimum absolute atomic E-state index is 0.0989. The lowest BCUT2D eigenvalue weighted by atomic mass is 10.2. The van der Waals surface area contributed by atoms with Gasteiger partial charge < -0.3 is 20.5 Å². The number of hydrogen-bond donors (Lipinski definition) is 4. The van der Waals surface area contributed by atoms with E-state index >= 15 is 0 Å². The van der Waals surface area contributed by atoms with E-state index < -0.39 is 11.4 Å². The van der Waals surface area contributed by atoms with Crippen LogP contribution in [0.25, 0.3) is 0 Å². The molecule has 1 atom stereocenters.